The summed E-state index contributed by atoms with van der Waals surface area (Å²) in [6.45, 7) is 6.23. The van der Waals surface area contributed by atoms with Gasteiger partial charge >= 0.3 is 5.97 Å². The minimum absolute atomic E-state index is 0.323. The number of aromatic nitrogens is 2. The average molecular weight is 320 g/mol. The second-order valence-corrected chi connectivity index (χ2v) is 5.64. The van der Waals surface area contributed by atoms with E-state index < -0.39 is 5.97 Å². The SMILES string of the molecule is CCOC(=O)c1nn(-c2cccc(C)c2C)cc1-c1ccccc1. The van der Waals surface area contributed by atoms with Gasteiger partial charge in [0.05, 0.1) is 12.3 Å². The smallest absolute Gasteiger partial charge is 0.359 e. The number of benzene rings is 2. The monoisotopic (exact) mass is 320 g/mol. The molecule has 0 fully saturated rings. The molecule has 0 aliphatic heterocycles. The molecule has 0 N–H and O–H groups in total. The van der Waals surface area contributed by atoms with E-state index in [9.17, 15) is 4.79 Å². The molecule has 4 nitrogen and oxygen atoms in total. The summed E-state index contributed by atoms with van der Waals surface area (Å²) in [5.41, 5.74) is 5.33. The third kappa shape index (κ3) is 2.95. The van der Waals surface area contributed by atoms with Gasteiger partial charge in [0, 0.05) is 11.8 Å². The highest BCUT2D eigenvalue weighted by molar-refractivity contribution is 5.95. The normalized spacial score (nSPS) is 10.6. The molecule has 24 heavy (non-hydrogen) atoms. The van der Waals surface area contributed by atoms with E-state index in [-0.39, 0.29) is 0 Å². The fourth-order valence-corrected chi connectivity index (χ4v) is 2.66. The summed E-state index contributed by atoms with van der Waals surface area (Å²) in [5, 5.41) is 4.52. The van der Waals surface area contributed by atoms with Crippen molar-refractivity contribution in [3.63, 3.8) is 0 Å². The van der Waals surface area contributed by atoms with Crippen LogP contribution in [0.1, 0.15) is 28.5 Å². The van der Waals surface area contributed by atoms with Crippen LogP contribution < -0.4 is 0 Å². The molecule has 1 aromatic heterocycles. The first-order valence-electron chi connectivity index (χ1n) is 8.00. The predicted molar refractivity (Wildman–Crippen MR) is 94.4 cm³/mol. The Balaban J connectivity index is 2.16. The Morgan fingerprint density at radius 1 is 1.08 bits per heavy atom. The third-order valence-corrected chi connectivity index (χ3v) is 4.09. The van der Waals surface area contributed by atoms with E-state index in [4.69, 9.17) is 4.74 Å². The van der Waals surface area contributed by atoms with Gasteiger partial charge in [-0.15, -0.1) is 0 Å². The summed E-state index contributed by atoms with van der Waals surface area (Å²) in [7, 11) is 0. The number of hydrogen-bond donors (Lipinski definition) is 0. The fourth-order valence-electron chi connectivity index (χ4n) is 2.66. The summed E-state index contributed by atoms with van der Waals surface area (Å²) in [6.07, 6.45) is 1.89. The van der Waals surface area contributed by atoms with Crippen molar-refractivity contribution in [3.8, 4) is 16.8 Å². The molecule has 0 unspecified atom stereocenters. The molecule has 2 aromatic carbocycles. The molecular weight excluding hydrogens is 300 g/mol. The maximum atomic E-state index is 12.3. The van der Waals surface area contributed by atoms with Crippen LogP contribution in [0, 0.1) is 13.8 Å². The summed E-state index contributed by atoms with van der Waals surface area (Å²) < 4.78 is 6.94. The van der Waals surface area contributed by atoms with Gasteiger partial charge in [-0.2, -0.15) is 5.10 Å². The van der Waals surface area contributed by atoms with Gasteiger partial charge in [0.15, 0.2) is 5.69 Å². The van der Waals surface area contributed by atoms with Gasteiger partial charge < -0.3 is 4.74 Å². The molecule has 1 heterocycles. The Labute approximate surface area is 141 Å². The van der Waals surface area contributed by atoms with Gasteiger partial charge in [0.1, 0.15) is 0 Å². The Morgan fingerprint density at radius 3 is 2.54 bits per heavy atom. The standard InChI is InChI=1S/C20H20N2O2/c1-4-24-20(23)19-17(16-10-6-5-7-11-16)13-22(21-19)18-12-8-9-14(2)15(18)3/h5-13H,4H2,1-3H3. The van der Waals surface area contributed by atoms with Gasteiger partial charge in [-0.3, -0.25) is 0 Å². The van der Waals surface area contributed by atoms with Crippen molar-refractivity contribution in [1.29, 1.82) is 0 Å². The van der Waals surface area contributed by atoms with Gasteiger partial charge in [0.2, 0.25) is 0 Å². The van der Waals surface area contributed by atoms with Crippen LogP contribution in [-0.2, 0) is 4.74 Å². The maximum absolute atomic E-state index is 12.3. The molecule has 0 radical (unpaired) electrons. The molecule has 0 aliphatic carbocycles. The number of carbonyl (C=O) groups excluding carboxylic acids is 1. The van der Waals surface area contributed by atoms with E-state index in [1.54, 1.807) is 11.6 Å². The van der Waals surface area contributed by atoms with Crippen LogP contribution in [0.5, 0.6) is 0 Å². The highest BCUT2D eigenvalue weighted by Gasteiger charge is 2.20. The largest absolute Gasteiger partial charge is 0.461 e. The number of esters is 1. The van der Waals surface area contributed by atoms with Crippen molar-refractivity contribution in [2.24, 2.45) is 0 Å². The second-order valence-electron chi connectivity index (χ2n) is 5.64. The number of aryl methyl sites for hydroxylation is 1. The lowest BCUT2D eigenvalue weighted by atomic mass is 10.1. The molecular formula is C20H20N2O2. The second kappa shape index (κ2) is 6.71. The Morgan fingerprint density at radius 2 is 1.83 bits per heavy atom. The minimum Gasteiger partial charge on any atom is -0.461 e. The zero-order valence-electron chi connectivity index (χ0n) is 14.1. The van der Waals surface area contributed by atoms with E-state index >= 15 is 0 Å². The maximum Gasteiger partial charge on any atom is 0.359 e. The van der Waals surface area contributed by atoms with Crippen molar-refractivity contribution in [2.45, 2.75) is 20.8 Å². The van der Waals surface area contributed by atoms with E-state index in [0.29, 0.717) is 12.3 Å². The van der Waals surface area contributed by atoms with Crippen molar-refractivity contribution >= 4 is 5.97 Å². The first kappa shape index (κ1) is 16.0. The van der Waals surface area contributed by atoms with E-state index in [0.717, 1.165) is 22.4 Å². The van der Waals surface area contributed by atoms with Crippen molar-refractivity contribution in [2.75, 3.05) is 6.61 Å². The minimum atomic E-state index is -0.402. The number of ether oxygens (including phenoxy) is 1. The Bertz CT molecular complexity index is 867. The van der Waals surface area contributed by atoms with Crippen LogP contribution >= 0.6 is 0 Å². The Hall–Kier alpha value is -2.88. The summed E-state index contributed by atoms with van der Waals surface area (Å²) in [4.78, 5) is 12.3. The van der Waals surface area contributed by atoms with Crippen LogP contribution in [0.3, 0.4) is 0 Å². The summed E-state index contributed by atoms with van der Waals surface area (Å²) in [6, 6.07) is 15.8. The predicted octanol–water partition coefficient (Wildman–Crippen LogP) is 4.33. The molecule has 0 spiro atoms. The first-order valence-corrected chi connectivity index (χ1v) is 8.00. The lowest BCUT2D eigenvalue weighted by Crippen LogP contribution is -2.08. The van der Waals surface area contributed by atoms with Crippen molar-refractivity contribution in [3.05, 3.63) is 71.5 Å². The number of nitrogens with zero attached hydrogens (tertiary/aromatic N) is 2. The quantitative estimate of drug-likeness (QED) is 0.672. The highest BCUT2D eigenvalue weighted by atomic mass is 16.5. The molecule has 0 atom stereocenters. The van der Waals surface area contributed by atoms with Gasteiger partial charge in [-0.25, -0.2) is 9.48 Å². The molecule has 0 saturated carbocycles. The molecule has 0 bridgehead atoms. The van der Waals surface area contributed by atoms with Gasteiger partial charge in [0.25, 0.3) is 0 Å². The van der Waals surface area contributed by atoms with Crippen LogP contribution in [0.2, 0.25) is 0 Å². The molecule has 0 aliphatic rings. The molecule has 4 heteroatoms. The van der Waals surface area contributed by atoms with Crippen LogP contribution in [0.25, 0.3) is 16.8 Å². The molecule has 0 saturated heterocycles. The van der Waals surface area contributed by atoms with Crippen molar-refractivity contribution < 1.29 is 9.53 Å². The van der Waals surface area contributed by atoms with Crippen molar-refractivity contribution in [1.82, 2.24) is 9.78 Å². The highest BCUT2D eigenvalue weighted by Crippen LogP contribution is 2.26. The number of rotatable bonds is 4. The zero-order valence-corrected chi connectivity index (χ0v) is 14.1. The van der Waals surface area contributed by atoms with E-state index in [1.807, 2.05) is 48.7 Å². The number of carbonyl (C=O) groups is 1. The molecule has 3 aromatic rings. The first-order chi connectivity index (χ1) is 11.6. The topological polar surface area (TPSA) is 44.1 Å². The summed E-state index contributed by atoms with van der Waals surface area (Å²) in [5.74, 6) is -0.402. The zero-order chi connectivity index (χ0) is 17.1. The van der Waals surface area contributed by atoms with Crippen LogP contribution in [0.4, 0.5) is 0 Å². The molecule has 122 valence electrons. The lowest BCUT2D eigenvalue weighted by molar-refractivity contribution is 0.0520. The Kier molecular flexibility index (Phi) is 4.47. The fraction of sp³-hybridized carbons (Fsp3) is 0.200. The summed E-state index contributed by atoms with van der Waals surface area (Å²) >= 11 is 0. The van der Waals surface area contributed by atoms with E-state index in [1.165, 1.54) is 5.56 Å². The van der Waals surface area contributed by atoms with Crippen LogP contribution in [0.15, 0.2) is 54.7 Å². The van der Waals surface area contributed by atoms with E-state index in [2.05, 4.69) is 25.0 Å². The number of hydrogen-bond acceptors (Lipinski definition) is 3. The average Bonchev–Trinajstić information content (AvgIpc) is 3.03. The van der Waals surface area contributed by atoms with Crippen LogP contribution in [-0.4, -0.2) is 22.4 Å². The molecule has 3 rings (SSSR count). The van der Waals surface area contributed by atoms with Gasteiger partial charge in [-0.05, 0) is 43.5 Å². The van der Waals surface area contributed by atoms with Gasteiger partial charge in [-0.1, -0.05) is 42.5 Å². The lowest BCUT2D eigenvalue weighted by Gasteiger charge is -2.08. The molecule has 0 amide bonds. The third-order valence-electron chi connectivity index (χ3n) is 4.09.